The Morgan fingerprint density at radius 1 is 1.16 bits per heavy atom. The largest absolute Gasteiger partial charge is 0.545 e. The summed E-state index contributed by atoms with van der Waals surface area (Å²) in [5.74, 6) is 0.609. The fourth-order valence-corrected chi connectivity index (χ4v) is 2.65. The molecule has 0 unspecified atom stereocenters. The van der Waals surface area contributed by atoms with Gasteiger partial charge in [0.05, 0.1) is 31.2 Å². The predicted molar refractivity (Wildman–Crippen MR) is 93.5 cm³/mol. The van der Waals surface area contributed by atoms with E-state index < -0.39 is 5.97 Å². The third-order valence-corrected chi connectivity index (χ3v) is 3.94. The topological polar surface area (TPSA) is 87.3 Å². The van der Waals surface area contributed by atoms with Gasteiger partial charge < -0.3 is 24.4 Å². The number of fused-ring (bicyclic) bond motifs is 1. The maximum atomic E-state index is 11.2. The molecule has 1 aromatic heterocycles. The summed E-state index contributed by atoms with van der Waals surface area (Å²) >= 11 is 0. The van der Waals surface area contributed by atoms with Gasteiger partial charge in [-0.3, -0.25) is 0 Å². The molecule has 3 rings (SSSR count). The van der Waals surface area contributed by atoms with Crippen molar-refractivity contribution in [2.24, 2.45) is 0 Å². The average molecular weight is 337 g/mol. The summed E-state index contributed by atoms with van der Waals surface area (Å²) in [7, 11) is 3.17. The van der Waals surface area contributed by atoms with E-state index in [2.05, 4.69) is 9.97 Å². The molecule has 6 heteroatoms. The Morgan fingerprint density at radius 2 is 1.92 bits per heavy atom. The van der Waals surface area contributed by atoms with Crippen LogP contribution in [0.5, 0.6) is 11.5 Å². The highest BCUT2D eigenvalue weighted by molar-refractivity contribution is 6.00. The predicted octanol–water partition coefficient (Wildman–Crippen LogP) is 2.50. The van der Waals surface area contributed by atoms with Crippen LogP contribution in [-0.4, -0.2) is 30.2 Å². The zero-order valence-corrected chi connectivity index (χ0v) is 14.1. The summed E-state index contributed by atoms with van der Waals surface area (Å²) in [6.45, 7) is 1.94. The number of ether oxygens (including phenoxy) is 2. The van der Waals surface area contributed by atoms with Crippen LogP contribution in [0.1, 0.15) is 28.7 Å². The van der Waals surface area contributed by atoms with Crippen LogP contribution < -0.4 is 14.6 Å². The number of hydrogen-bond donors (Lipinski definition) is 1. The molecule has 0 amide bonds. The highest BCUT2D eigenvalue weighted by Crippen LogP contribution is 2.31. The highest BCUT2D eigenvalue weighted by Gasteiger charge is 2.09. The van der Waals surface area contributed by atoms with Gasteiger partial charge in [-0.05, 0) is 42.3 Å². The summed E-state index contributed by atoms with van der Waals surface area (Å²) < 4.78 is 10.6. The number of nitrogens with zero attached hydrogens (tertiary/aromatic N) is 1. The molecule has 128 valence electrons. The summed E-state index contributed by atoms with van der Waals surface area (Å²) in [4.78, 5) is 18.7. The quantitative estimate of drug-likeness (QED) is 0.773. The van der Waals surface area contributed by atoms with E-state index in [1.807, 2.05) is 31.2 Å². The molecule has 25 heavy (non-hydrogen) atoms. The maximum absolute atomic E-state index is 11.2. The Labute approximate surface area is 144 Å². The third kappa shape index (κ3) is 3.19. The lowest BCUT2D eigenvalue weighted by Crippen LogP contribution is -2.22. The fourth-order valence-electron chi connectivity index (χ4n) is 2.65. The normalized spacial score (nSPS) is 11.6. The zero-order valence-electron chi connectivity index (χ0n) is 14.1. The van der Waals surface area contributed by atoms with E-state index in [-0.39, 0.29) is 5.56 Å². The lowest BCUT2D eigenvalue weighted by Gasteiger charge is -2.09. The molecule has 0 bridgehead atoms. The van der Waals surface area contributed by atoms with Gasteiger partial charge in [-0.15, -0.1) is 0 Å². The molecule has 0 radical (unpaired) electrons. The van der Waals surface area contributed by atoms with E-state index in [4.69, 9.17) is 9.47 Å². The average Bonchev–Trinajstić information content (AvgIpc) is 3.02. The molecule has 0 fully saturated rings. The van der Waals surface area contributed by atoms with E-state index in [0.29, 0.717) is 28.4 Å². The van der Waals surface area contributed by atoms with Crippen molar-refractivity contribution in [2.75, 3.05) is 14.2 Å². The monoisotopic (exact) mass is 337 g/mol. The van der Waals surface area contributed by atoms with E-state index in [1.165, 1.54) is 6.07 Å². The molecule has 0 aliphatic carbocycles. The molecule has 0 aliphatic rings. The van der Waals surface area contributed by atoms with E-state index in [9.17, 15) is 9.90 Å². The van der Waals surface area contributed by atoms with Crippen LogP contribution in [0.15, 0.2) is 36.4 Å². The smallest absolute Gasteiger partial charge is 0.161 e. The second kappa shape index (κ2) is 6.68. The van der Waals surface area contributed by atoms with Gasteiger partial charge in [-0.1, -0.05) is 18.2 Å². The second-order valence-corrected chi connectivity index (χ2v) is 5.51. The Bertz CT molecular complexity index is 973. The number of nitrogens with one attached hydrogen (secondary N) is 1. The van der Waals surface area contributed by atoms with Crippen LogP contribution in [0, 0.1) is 0 Å². The summed E-state index contributed by atoms with van der Waals surface area (Å²) in [6.07, 6.45) is 1.85. The number of aromatic nitrogens is 2. The Hall–Kier alpha value is -3.28. The number of aromatic carboxylic acids is 1. The number of hydrogen-bond acceptors (Lipinski definition) is 5. The lowest BCUT2D eigenvalue weighted by atomic mass is 10.1. The molecule has 3 aromatic rings. The van der Waals surface area contributed by atoms with Crippen LogP contribution in [-0.2, 0) is 0 Å². The Morgan fingerprint density at radius 3 is 2.60 bits per heavy atom. The van der Waals surface area contributed by atoms with Gasteiger partial charge in [0, 0.05) is 5.56 Å². The molecule has 0 aliphatic heterocycles. The number of carboxylic acid groups (broad SMARTS) is 1. The van der Waals surface area contributed by atoms with Crippen LogP contribution in [0.25, 0.3) is 22.7 Å². The minimum absolute atomic E-state index is 0.0668. The number of carbonyl (C=O) groups is 1. The molecule has 0 saturated carbocycles. The maximum Gasteiger partial charge on any atom is 0.161 e. The molecular formula is C19H17N2O4-. The summed E-state index contributed by atoms with van der Waals surface area (Å²) in [6, 6.07) is 10.5. The van der Waals surface area contributed by atoms with Crippen molar-refractivity contribution in [2.45, 2.75) is 6.92 Å². The van der Waals surface area contributed by atoms with Crippen molar-refractivity contribution in [1.29, 1.82) is 0 Å². The fraction of sp³-hybridized carbons (Fsp3) is 0.158. The van der Waals surface area contributed by atoms with E-state index in [0.717, 1.165) is 11.1 Å². The van der Waals surface area contributed by atoms with Gasteiger partial charge in [0.25, 0.3) is 0 Å². The minimum Gasteiger partial charge on any atom is -0.545 e. The molecule has 0 saturated heterocycles. The van der Waals surface area contributed by atoms with Crippen LogP contribution in [0.4, 0.5) is 0 Å². The van der Waals surface area contributed by atoms with Crippen molar-refractivity contribution in [3.63, 3.8) is 0 Å². The molecule has 6 nitrogen and oxygen atoms in total. The molecule has 2 aromatic carbocycles. The number of aromatic amines is 1. The van der Waals surface area contributed by atoms with Crippen molar-refractivity contribution < 1.29 is 19.4 Å². The van der Waals surface area contributed by atoms with Crippen molar-refractivity contribution in [3.05, 3.63) is 53.3 Å². The number of rotatable bonds is 5. The number of carboxylic acids is 1. The number of carbonyl (C=O) groups excluding carboxylic acids is 1. The minimum atomic E-state index is -1.25. The molecular weight excluding hydrogens is 320 g/mol. The van der Waals surface area contributed by atoms with Crippen molar-refractivity contribution >= 4 is 28.7 Å². The van der Waals surface area contributed by atoms with E-state index >= 15 is 0 Å². The SMILES string of the molecule is COc1ccc(/C(C)=C/c2nc3c(C(=O)[O-])cccc3[nH]2)cc1OC. The molecule has 1 N–H and O–H groups in total. The molecule has 0 spiro atoms. The standard InChI is InChI=1S/C19H18N2O4/c1-11(12-7-8-15(24-2)16(10-12)25-3)9-17-20-14-6-4-5-13(19(22)23)18(14)21-17/h4-10H,1-3H3,(H,20,21)(H,22,23)/p-1/b11-9+. The van der Waals surface area contributed by atoms with E-state index in [1.54, 1.807) is 26.4 Å². The molecule has 0 atom stereocenters. The highest BCUT2D eigenvalue weighted by atomic mass is 16.5. The van der Waals surface area contributed by atoms with Gasteiger partial charge in [0.15, 0.2) is 11.5 Å². The number of methoxy groups -OCH3 is 2. The number of allylic oxidation sites excluding steroid dienone is 1. The number of H-pyrrole nitrogens is 1. The first-order valence-corrected chi connectivity index (χ1v) is 7.64. The first-order chi connectivity index (χ1) is 12.0. The summed E-state index contributed by atoms with van der Waals surface area (Å²) in [5.41, 5.74) is 2.98. The van der Waals surface area contributed by atoms with Crippen LogP contribution in [0.3, 0.4) is 0 Å². The van der Waals surface area contributed by atoms with Gasteiger partial charge in [0.1, 0.15) is 5.82 Å². The summed E-state index contributed by atoms with van der Waals surface area (Å²) in [5, 5.41) is 11.2. The zero-order chi connectivity index (χ0) is 18.0. The Balaban J connectivity index is 2.01. The van der Waals surface area contributed by atoms with Gasteiger partial charge in [-0.2, -0.15) is 0 Å². The van der Waals surface area contributed by atoms with Gasteiger partial charge in [0.2, 0.25) is 0 Å². The van der Waals surface area contributed by atoms with Crippen molar-refractivity contribution in [3.8, 4) is 11.5 Å². The number of imidazole rings is 1. The number of benzene rings is 2. The first-order valence-electron chi connectivity index (χ1n) is 7.64. The van der Waals surface area contributed by atoms with Crippen LogP contribution >= 0.6 is 0 Å². The first kappa shape index (κ1) is 16.6. The Kier molecular flexibility index (Phi) is 4.43. The lowest BCUT2D eigenvalue weighted by molar-refractivity contribution is -0.254. The molecule has 1 heterocycles. The van der Waals surface area contributed by atoms with Crippen molar-refractivity contribution in [1.82, 2.24) is 9.97 Å². The second-order valence-electron chi connectivity index (χ2n) is 5.51. The van der Waals surface area contributed by atoms with Crippen LogP contribution in [0.2, 0.25) is 0 Å². The van der Waals surface area contributed by atoms with Gasteiger partial charge >= 0.3 is 0 Å². The number of para-hydroxylation sites is 1. The third-order valence-electron chi connectivity index (χ3n) is 3.94. The van der Waals surface area contributed by atoms with Gasteiger partial charge in [-0.25, -0.2) is 4.98 Å².